The fraction of sp³-hybridized carbons (Fsp3) is 0.727. The minimum Gasteiger partial charge on any atom is -0.465 e. The van der Waals surface area contributed by atoms with Crippen LogP contribution in [0.5, 0.6) is 0 Å². The largest absolute Gasteiger partial charge is 0.465 e. The van der Waals surface area contributed by atoms with Gasteiger partial charge in [-0.3, -0.25) is 0 Å². The van der Waals surface area contributed by atoms with Gasteiger partial charge in [0.1, 0.15) is 6.61 Å². The van der Waals surface area contributed by atoms with Crippen molar-refractivity contribution >= 4 is 6.09 Å². The maximum Gasteiger partial charge on any atom is 0.407 e. The number of hydrogen-bond donors (Lipinski definition) is 1. The van der Waals surface area contributed by atoms with Crippen LogP contribution in [0.2, 0.25) is 0 Å². The van der Waals surface area contributed by atoms with Crippen LogP contribution in [0.25, 0.3) is 0 Å². The number of rotatable bonds is 2. The van der Waals surface area contributed by atoms with Gasteiger partial charge >= 0.3 is 6.09 Å². The van der Waals surface area contributed by atoms with Crippen LogP contribution in [0.1, 0.15) is 12.8 Å². The molecule has 1 aliphatic heterocycles. The zero-order valence-corrected chi connectivity index (χ0v) is 8.56. The molecule has 4 heteroatoms. The average molecular weight is 209 g/mol. The Kier molecular flexibility index (Phi) is 2.83. The summed E-state index contributed by atoms with van der Waals surface area (Å²) in [6.45, 7) is 1.69. The number of terminal acetylenes is 1. The fourth-order valence-electron chi connectivity index (χ4n) is 2.70. The third kappa shape index (κ3) is 2.07. The molecular formula is C11H15NO3. The third-order valence-electron chi connectivity index (χ3n) is 3.38. The smallest absolute Gasteiger partial charge is 0.407 e. The van der Waals surface area contributed by atoms with Gasteiger partial charge in [0.15, 0.2) is 0 Å². The van der Waals surface area contributed by atoms with Crippen LogP contribution < -0.4 is 0 Å². The molecule has 15 heavy (non-hydrogen) atoms. The van der Waals surface area contributed by atoms with Crippen molar-refractivity contribution in [2.24, 2.45) is 11.8 Å². The highest BCUT2D eigenvalue weighted by molar-refractivity contribution is 5.65. The molecule has 1 N–H and O–H groups in total. The Hall–Kier alpha value is -1.21. The molecule has 1 aliphatic carbocycles. The Morgan fingerprint density at radius 1 is 1.47 bits per heavy atom. The molecule has 0 bridgehead atoms. The average Bonchev–Trinajstić information content (AvgIpc) is 2.71. The predicted octanol–water partition coefficient (Wildman–Crippen LogP) is 1.02. The van der Waals surface area contributed by atoms with E-state index in [1.807, 2.05) is 0 Å². The molecule has 4 nitrogen and oxygen atoms in total. The maximum atomic E-state index is 10.8. The molecule has 2 atom stereocenters. The second-order valence-electron chi connectivity index (χ2n) is 4.32. The minimum atomic E-state index is -0.800. The maximum absolute atomic E-state index is 10.8. The van der Waals surface area contributed by atoms with Crippen LogP contribution in [0.4, 0.5) is 4.79 Å². The summed E-state index contributed by atoms with van der Waals surface area (Å²) < 4.78 is 5.48. The minimum absolute atomic E-state index is 0.243. The summed E-state index contributed by atoms with van der Waals surface area (Å²) in [4.78, 5) is 12.3. The third-order valence-corrected chi connectivity index (χ3v) is 3.38. The van der Waals surface area contributed by atoms with E-state index in [0.29, 0.717) is 31.5 Å². The van der Waals surface area contributed by atoms with E-state index in [9.17, 15) is 4.79 Å². The number of fused-ring (bicyclic) bond motifs is 1. The number of ether oxygens (including phenoxy) is 1. The first kappa shape index (κ1) is 10.3. The first-order valence-corrected chi connectivity index (χ1v) is 5.23. The Morgan fingerprint density at radius 3 is 2.53 bits per heavy atom. The van der Waals surface area contributed by atoms with Crippen molar-refractivity contribution in [2.45, 2.75) is 18.9 Å². The number of amides is 1. The van der Waals surface area contributed by atoms with Crippen molar-refractivity contribution in [3.05, 3.63) is 0 Å². The van der Waals surface area contributed by atoms with Crippen LogP contribution in [0, 0.1) is 24.2 Å². The lowest BCUT2D eigenvalue weighted by atomic mass is 10.0. The Bertz CT molecular complexity index is 283. The lowest BCUT2D eigenvalue weighted by Gasteiger charge is -2.15. The van der Waals surface area contributed by atoms with Crippen molar-refractivity contribution in [1.29, 1.82) is 0 Å². The molecule has 82 valence electrons. The van der Waals surface area contributed by atoms with Gasteiger partial charge < -0.3 is 14.7 Å². The van der Waals surface area contributed by atoms with Gasteiger partial charge in [0.25, 0.3) is 0 Å². The molecule has 1 heterocycles. The summed E-state index contributed by atoms with van der Waals surface area (Å²) in [5.41, 5.74) is 0. The van der Waals surface area contributed by atoms with Crippen LogP contribution >= 0.6 is 0 Å². The molecular weight excluding hydrogens is 194 g/mol. The SMILES string of the molecule is C#CCOC1CC2CN(C(=O)O)CC2C1. The first-order valence-electron chi connectivity index (χ1n) is 5.23. The van der Waals surface area contributed by atoms with Gasteiger partial charge in [-0.2, -0.15) is 0 Å². The van der Waals surface area contributed by atoms with Crippen molar-refractivity contribution in [2.75, 3.05) is 19.7 Å². The monoisotopic (exact) mass is 209 g/mol. The molecule has 2 fully saturated rings. The van der Waals surface area contributed by atoms with E-state index in [-0.39, 0.29) is 6.10 Å². The molecule has 2 aliphatic rings. The van der Waals surface area contributed by atoms with E-state index in [0.717, 1.165) is 12.8 Å². The Balaban J connectivity index is 1.83. The van der Waals surface area contributed by atoms with Gasteiger partial charge in [-0.1, -0.05) is 5.92 Å². The Morgan fingerprint density at radius 2 is 2.07 bits per heavy atom. The second kappa shape index (κ2) is 4.11. The van der Waals surface area contributed by atoms with Crippen molar-refractivity contribution < 1.29 is 14.6 Å². The Labute approximate surface area is 89.2 Å². The van der Waals surface area contributed by atoms with E-state index in [4.69, 9.17) is 16.3 Å². The van der Waals surface area contributed by atoms with Crippen molar-refractivity contribution in [3.63, 3.8) is 0 Å². The molecule has 1 saturated carbocycles. The lowest BCUT2D eigenvalue weighted by Crippen LogP contribution is -2.28. The van der Waals surface area contributed by atoms with E-state index < -0.39 is 6.09 Å². The molecule has 0 aromatic rings. The second-order valence-corrected chi connectivity index (χ2v) is 4.32. The highest BCUT2D eigenvalue weighted by Crippen LogP contribution is 2.39. The lowest BCUT2D eigenvalue weighted by molar-refractivity contribution is 0.0728. The standard InChI is InChI=1S/C11H15NO3/c1-2-3-15-10-4-8-6-12(11(13)14)7-9(8)5-10/h1,8-10H,3-7H2,(H,13,14). The molecule has 0 aromatic heterocycles. The van der Waals surface area contributed by atoms with Gasteiger partial charge in [-0.25, -0.2) is 4.79 Å². The number of carboxylic acid groups (broad SMARTS) is 1. The zero-order chi connectivity index (χ0) is 10.8. The molecule has 0 spiro atoms. The van der Waals surface area contributed by atoms with Crippen molar-refractivity contribution in [3.8, 4) is 12.3 Å². The molecule has 1 saturated heterocycles. The van der Waals surface area contributed by atoms with Crippen LogP contribution in [0.3, 0.4) is 0 Å². The van der Waals surface area contributed by atoms with Crippen molar-refractivity contribution in [1.82, 2.24) is 4.90 Å². The topological polar surface area (TPSA) is 49.8 Å². The van der Waals surface area contributed by atoms with E-state index in [1.54, 1.807) is 0 Å². The zero-order valence-electron chi connectivity index (χ0n) is 8.56. The summed E-state index contributed by atoms with van der Waals surface area (Å²) in [5, 5.41) is 8.84. The van der Waals surface area contributed by atoms with E-state index in [2.05, 4.69) is 5.92 Å². The van der Waals surface area contributed by atoms with Gasteiger partial charge in [-0.05, 0) is 24.7 Å². The highest BCUT2D eigenvalue weighted by Gasteiger charge is 2.42. The number of nitrogens with zero attached hydrogens (tertiary/aromatic N) is 1. The van der Waals surface area contributed by atoms with E-state index >= 15 is 0 Å². The van der Waals surface area contributed by atoms with Crippen LogP contribution in [-0.2, 0) is 4.74 Å². The van der Waals surface area contributed by atoms with Gasteiger partial charge in [-0.15, -0.1) is 6.42 Å². The first-order chi connectivity index (χ1) is 7.20. The summed E-state index contributed by atoms with van der Waals surface area (Å²) in [7, 11) is 0. The van der Waals surface area contributed by atoms with E-state index in [1.165, 1.54) is 4.90 Å². The molecule has 0 aromatic carbocycles. The highest BCUT2D eigenvalue weighted by atomic mass is 16.5. The van der Waals surface area contributed by atoms with Crippen LogP contribution in [-0.4, -0.2) is 41.9 Å². The number of likely N-dealkylation sites (tertiary alicyclic amines) is 1. The fourth-order valence-corrected chi connectivity index (χ4v) is 2.70. The predicted molar refractivity (Wildman–Crippen MR) is 54.4 cm³/mol. The van der Waals surface area contributed by atoms with Crippen LogP contribution in [0.15, 0.2) is 0 Å². The molecule has 2 unspecified atom stereocenters. The normalized spacial score (nSPS) is 33.8. The quantitative estimate of drug-likeness (QED) is 0.691. The van der Waals surface area contributed by atoms with Gasteiger partial charge in [0, 0.05) is 13.1 Å². The molecule has 2 rings (SSSR count). The summed E-state index contributed by atoms with van der Waals surface area (Å²) in [6.07, 6.45) is 6.47. The number of hydrogen-bond acceptors (Lipinski definition) is 2. The summed E-state index contributed by atoms with van der Waals surface area (Å²) >= 11 is 0. The summed E-state index contributed by atoms with van der Waals surface area (Å²) in [6, 6.07) is 0. The molecule has 1 amide bonds. The summed E-state index contributed by atoms with van der Waals surface area (Å²) in [5.74, 6) is 3.41. The van der Waals surface area contributed by atoms with Gasteiger partial charge in [0.2, 0.25) is 0 Å². The van der Waals surface area contributed by atoms with Gasteiger partial charge in [0.05, 0.1) is 6.10 Å². The molecule has 0 radical (unpaired) electrons. The number of carbonyl (C=O) groups is 1.